The second-order valence-electron chi connectivity index (χ2n) is 5.14. The lowest BCUT2D eigenvalue weighted by atomic mass is 9.66. The standard InChI is InChI=1S/C14H16N2O2/c17-13(18)14(7-3-8-14)9-6-12-15-10-4-1-2-5-11(10)16-12/h1-2,4-5H,3,6-9H2,(H,15,16)(H,17,18). The lowest BCUT2D eigenvalue weighted by molar-refractivity contribution is -0.155. The van der Waals surface area contributed by atoms with Crippen molar-refractivity contribution in [2.75, 3.05) is 0 Å². The number of carbonyl (C=O) groups is 1. The molecule has 1 aromatic heterocycles. The molecule has 1 aromatic carbocycles. The molecule has 4 heteroatoms. The van der Waals surface area contributed by atoms with Gasteiger partial charge in [0.2, 0.25) is 0 Å². The van der Waals surface area contributed by atoms with Gasteiger partial charge in [0, 0.05) is 6.42 Å². The average Bonchev–Trinajstić information content (AvgIpc) is 2.69. The first kappa shape index (κ1) is 11.3. The van der Waals surface area contributed by atoms with Gasteiger partial charge in [-0.05, 0) is 31.4 Å². The minimum absolute atomic E-state index is 0.487. The van der Waals surface area contributed by atoms with Crippen molar-refractivity contribution in [3.63, 3.8) is 0 Å². The molecule has 3 rings (SSSR count). The van der Waals surface area contributed by atoms with Gasteiger partial charge in [0.1, 0.15) is 5.82 Å². The number of rotatable bonds is 4. The maximum absolute atomic E-state index is 11.3. The fraction of sp³-hybridized carbons (Fsp3) is 0.429. The number of aryl methyl sites for hydroxylation is 1. The Morgan fingerprint density at radius 1 is 1.39 bits per heavy atom. The van der Waals surface area contributed by atoms with Crippen LogP contribution in [0.2, 0.25) is 0 Å². The third kappa shape index (κ3) is 1.78. The Morgan fingerprint density at radius 3 is 2.78 bits per heavy atom. The van der Waals surface area contributed by atoms with Crippen molar-refractivity contribution in [3.8, 4) is 0 Å². The molecule has 1 heterocycles. The van der Waals surface area contributed by atoms with Crippen LogP contribution in [0.4, 0.5) is 0 Å². The van der Waals surface area contributed by atoms with Crippen LogP contribution in [0, 0.1) is 5.41 Å². The molecule has 0 spiro atoms. The molecule has 0 saturated heterocycles. The first-order valence-corrected chi connectivity index (χ1v) is 6.37. The maximum Gasteiger partial charge on any atom is 0.309 e. The smallest absolute Gasteiger partial charge is 0.309 e. The summed E-state index contributed by atoms with van der Waals surface area (Å²) in [5, 5.41) is 9.27. The molecule has 0 bridgehead atoms. The highest BCUT2D eigenvalue weighted by molar-refractivity contribution is 5.76. The van der Waals surface area contributed by atoms with E-state index in [9.17, 15) is 9.90 Å². The summed E-state index contributed by atoms with van der Waals surface area (Å²) in [6.45, 7) is 0. The summed E-state index contributed by atoms with van der Waals surface area (Å²) in [4.78, 5) is 19.0. The fourth-order valence-electron chi connectivity index (χ4n) is 2.66. The molecule has 0 radical (unpaired) electrons. The van der Waals surface area contributed by atoms with Crippen LogP contribution in [0.25, 0.3) is 11.0 Å². The molecule has 1 fully saturated rings. The number of H-pyrrole nitrogens is 1. The van der Waals surface area contributed by atoms with Crippen LogP contribution in [0.3, 0.4) is 0 Å². The van der Waals surface area contributed by atoms with Gasteiger partial charge in [-0.2, -0.15) is 0 Å². The number of aromatic nitrogens is 2. The first-order valence-electron chi connectivity index (χ1n) is 6.37. The zero-order valence-electron chi connectivity index (χ0n) is 10.1. The van der Waals surface area contributed by atoms with Crippen molar-refractivity contribution in [1.82, 2.24) is 9.97 Å². The van der Waals surface area contributed by atoms with Gasteiger partial charge in [-0.15, -0.1) is 0 Å². The van der Waals surface area contributed by atoms with E-state index < -0.39 is 11.4 Å². The van der Waals surface area contributed by atoms with E-state index in [2.05, 4.69) is 9.97 Å². The van der Waals surface area contributed by atoms with Crippen LogP contribution in [0.15, 0.2) is 24.3 Å². The minimum atomic E-state index is -0.648. The summed E-state index contributed by atoms with van der Waals surface area (Å²) in [5.74, 6) is 0.244. The first-order chi connectivity index (χ1) is 8.70. The zero-order chi connectivity index (χ0) is 12.6. The van der Waals surface area contributed by atoms with Crippen LogP contribution in [-0.2, 0) is 11.2 Å². The summed E-state index contributed by atoms with van der Waals surface area (Å²) >= 11 is 0. The minimum Gasteiger partial charge on any atom is -0.481 e. The third-order valence-electron chi connectivity index (χ3n) is 4.04. The van der Waals surface area contributed by atoms with Crippen molar-refractivity contribution in [2.45, 2.75) is 32.1 Å². The van der Waals surface area contributed by atoms with Gasteiger partial charge in [-0.1, -0.05) is 18.6 Å². The third-order valence-corrected chi connectivity index (χ3v) is 4.04. The van der Waals surface area contributed by atoms with Crippen LogP contribution in [0.1, 0.15) is 31.5 Å². The normalized spacial score (nSPS) is 17.6. The molecule has 4 nitrogen and oxygen atoms in total. The van der Waals surface area contributed by atoms with Gasteiger partial charge >= 0.3 is 5.97 Å². The quantitative estimate of drug-likeness (QED) is 0.869. The number of carboxylic acids is 1. The second kappa shape index (κ2) is 4.12. The summed E-state index contributed by atoms with van der Waals surface area (Å²) in [5.41, 5.74) is 1.48. The molecule has 2 aromatic rings. The number of para-hydroxylation sites is 2. The number of nitrogens with one attached hydrogen (secondary N) is 1. The SMILES string of the molecule is O=C(O)C1(CCc2nc3ccccc3[nH]2)CCC1. The highest BCUT2D eigenvalue weighted by Crippen LogP contribution is 2.44. The molecule has 94 valence electrons. The van der Waals surface area contributed by atoms with E-state index in [-0.39, 0.29) is 0 Å². The number of imidazole rings is 1. The van der Waals surface area contributed by atoms with Gasteiger partial charge in [0.25, 0.3) is 0 Å². The van der Waals surface area contributed by atoms with Crippen molar-refractivity contribution >= 4 is 17.0 Å². The number of carboxylic acid groups (broad SMARTS) is 1. The summed E-state index contributed by atoms with van der Waals surface area (Å²) in [7, 11) is 0. The molecule has 0 atom stereocenters. The van der Waals surface area contributed by atoms with Gasteiger partial charge in [-0.25, -0.2) is 4.98 Å². The van der Waals surface area contributed by atoms with Gasteiger partial charge in [-0.3, -0.25) is 4.79 Å². The number of aromatic amines is 1. The van der Waals surface area contributed by atoms with Gasteiger partial charge < -0.3 is 10.1 Å². The number of hydrogen-bond acceptors (Lipinski definition) is 2. The Bertz CT molecular complexity index is 551. The van der Waals surface area contributed by atoms with Crippen LogP contribution in [0.5, 0.6) is 0 Å². The summed E-state index contributed by atoms with van der Waals surface area (Å²) < 4.78 is 0. The number of fused-ring (bicyclic) bond motifs is 1. The van der Waals surface area contributed by atoms with Crippen molar-refractivity contribution < 1.29 is 9.90 Å². The Kier molecular flexibility index (Phi) is 2.58. The van der Waals surface area contributed by atoms with Crippen LogP contribution < -0.4 is 0 Å². The monoisotopic (exact) mass is 244 g/mol. The lowest BCUT2D eigenvalue weighted by Gasteiger charge is -2.37. The fourth-order valence-corrected chi connectivity index (χ4v) is 2.66. The second-order valence-corrected chi connectivity index (χ2v) is 5.14. The molecular formula is C14H16N2O2. The largest absolute Gasteiger partial charge is 0.481 e. The number of nitrogens with zero attached hydrogens (tertiary/aromatic N) is 1. The molecule has 18 heavy (non-hydrogen) atoms. The Labute approximate surface area is 105 Å². The van der Waals surface area contributed by atoms with Crippen LogP contribution in [-0.4, -0.2) is 21.0 Å². The zero-order valence-corrected chi connectivity index (χ0v) is 10.1. The Balaban J connectivity index is 1.75. The number of hydrogen-bond donors (Lipinski definition) is 2. The Morgan fingerprint density at radius 2 is 2.17 bits per heavy atom. The van der Waals surface area contributed by atoms with E-state index in [0.717, 1.165) is 36.1 Å². The highest BCUT2D eigenvalue weighted by atomic mass is 16.4. The number of benzene rings is 1. The molecule has 1 saturated carbocycles. The van der Waals surface area contributed by atoms with E-state index in [1.54, 1.807) is 0 Å². The molecule has 0 amide bonds. The number of aliphatic carboxylic acids is 1. The van der Waals surface area contributed by atoms with E-state index >= 15 is 0 Å². The highest BCUT2D eigenvalue weighted by Gasteiger charge is 2.43. The van der Waals surface area contributed by atoms with Gasteiger partial charge in [0.15, 0.2) is 0 Å². The molecular weight excluding hydrogens is 228 g/mol. The van der Waals surface area contributed by atoms with E-state index in [4.69, 9.17) is 0 Å². The van der Waals surface area contributed by atoms with E-state index in [0.29, 0.717) is 12.8 Å². The van der Waals surface area contributed by atoms with Crippen molar-refractivity contribution in [2.24, 2.45) is 5.41 Å². The lowest BCUT2D eigenvalue weighted by Crippen LogP contribution is -2.38. The van der Waals surface area contributed by atoms with Gasteiger partial charge in [0.05, 0.1) is 16.4 Å². The van der Waals surface area contributed by atoms with Crippen molar-refractivity contribution in [1.29, 1.82) is 0 Å². The molecule has 2 N–H and O–H groups in total. The molecule has 0 unspecified atom stereocenters. The predicted octanol–water partition coefficient (Wildman–Crippen LogP) is 2.75. The van der Waals surface area contributed by atoms with Crippen LogP contribution >= 0.6 is 0 Å². The molecule has 1 aliphatic rings. The van der Waals surface area contributed by atoms with E-state index in [1.807, 2.05) is 24.3 Å². The van der Waals surface area contributed by atoms with E-state index in [1.165, 1.54) is 0 Å². The predicted molar refractivity (Wildman–Crippen MR) is 68.3 cm³/mol. The molecule has 0 aliphatic heterocycles. The van der Waals surface area contributed by atoms with Crippen molar-refractivity contribution in [3.05, 3.63) is 30.1 Å². The summed E-state index contributed by atoms with van der Waals surface area (Å²) in [6.07, 6.45) is 4.04. The average molecular weight is 244 g/mol. The topological polar surface area (TPSA) is 66.0 Å². The molecule has 1 aliphatic carbocycles. The maximum atomic E-state index is 11.3. The Hall–Kier alpha value is -1.84. The summed E-state index contributed by atoms with van der Waals surface area (Å²) in [6, 6.07) is 7.88.